The van der Waals surface area contributed by atoms with Gasteiger partial charge in [-0.15, -0.1) is 0 Å². The van der Waals surface area contributed by atoms with Gasteiger partial charge in [0.2, 0.25) is 0 Å². The Morgan fingerprint density at radius 1 is 1.06 bits per heavy atom. The molecule has 0 aliphatic heterocycles. The summed E-state index contributed by atoms with van der Waals surface area (Å²) in [5.41, 5.74) is 9.33. The first-order valence-corrected chi connectivity index (χ1v) is 4.98. The maximum Gasteiger partial charge on any atom is 0.138 e. The minimum Gasteiger partial charge on any atom is -0.399 e. The van der Waals surface area contributed by atoms with Gasteiger partial charge in [-0.25, -0.2) is 4.98 Å². The molecule has 0 aliphatic rings. The number of anilines is 1. The fourth-order valence-electron chi connectivity index (χ4n) is 1.67. The van der Waals surface area contributed by atoms with E-state index in [2.05, 4.69) is 15.0 Å². The Bertz CT molecular complexity index is 628. The van der Waals surface area contributed by atoms with Gasteiger partial charge in [-0.3, -0.25) is 4.98 Å². The molecular weight excluding hydrogens is 200 g/mol. The maximum atomic E-state index is 5.71. The fraction of sp³-hybridized carbons (Fsp3) is 0. The molecule has 4 nitrogen and oxygen atoms in total. The van der Waals surface area contributed by atoms with E-state index in [9.17, 15) is 0 Å². The van der Waals surface area contributed by atoms with Crippen molar-refractivity contribution in [3.05, 3.63) is 42.7 Å². The SMILES string of the molecule is Nc1ccc2nc(-c3ccncc3)[nH]c2c1. The first kappa shape index (κ1) is 8.91. The Morgan fingerprint density at radius 2 is 1.88 bits per heavy atom. The smallest absolute Gasteiger partial charge is 0.138 e. The number of aromatic nitrogens is 3. The Morgan fingerprint density at radius 3 is 2.69 bits per heavy atom. The summed E-state index contributed by atoms with van der Waals surface area (Å²) in [4.78, 5) is 11.7. The zero-order chi connectivity index (χ0) is 11.0. The van der Waals surface area contributed by atoms with E-state index in [0.29, 0.717) is 0 Å². The summed E-state index contributed by atoms with van der Waals surface area (Å²) in [5.74, 6) is 0.836. The third kappa shape index (κ3) is 1.40. The van der Waals surface area contributed by atoms with Crippen molar-refractivity contribution in [2.75, 3.05) is 5.73 Å². The summed E-state index contributed by atoms with van der Waals surface area (Å²) in [5, 5.41) is 0. The van der Waals surface area contributed by atoms with Gasteiger partial charge < -0.3 is 10.7 Å². The van der Waals surface area contributed by atoms with E-state index in [0.717, 1.165) is 28.1 Å². The zero-order valence-electron chi connectivity index (χ0n) is 8.51. The van der Waals surface area contributed by atoms with Gasteiger partial charge in [0.15, 0.2) is 0 Å². The van der Waals surface area contributed by atoms with Crippen LogP contribution in [0, 0.1) is 0 Å². The van der Waals surface area contributed by atoms with E-state index < -0.39 is 0 Å². The molecule has 1 aromatic carbocycles. The van der Waals surface area contributed by atoms with E-state index in [1.165, 1.54) is 0 Å². The largest absolute Gasteiger partial charge is 0.399 e. The van der Waals surface area contributed by atoms with Crippen LogP contribution in [-0.2, 0) is 0 Å². The van der Waals surface area contributed by atoms with Gasteiger partial charge in [0.25, 0.3) is 0 Å². The number of nitrogens with two attached hydrogens (primary N) is 1. The molecule has 16 heavy (non-hydrogen) atoms. The summed E-state index contributed by atoms with van der Waals surface area (Å²) < 4.78 is 0. The Hall–Kier alpha value is -2.36. The van der Waals surface area contributed by atoms with Crippen molar-refractivity contribution in [3.63, 3.8) is 0 Å². The van der Waals surface area contributed by atoms with Crippen LogP contribution in [0.5, 0.6) is 0 Å². The predicted molar refractivity (Wildman–Crippen MR) is 63.7 cm³/mol. The van der Waals surface area contributed by atoms with Gasteiger partial charge >= 0.3 is 0 Å². The number of aromatic amines is 1. The maximum absolute atomic E-state index is 5.71. The van der Waals surface area contributed by atoms with E-state index in [4.69, 9.17) is 5.73 Å². The molecule has 3 aromatic rings. The monoisotopic (exact) mass is 210 g/mol. The van der Waals surface area contributed by atoms with Crippen molar-refractivity contribution in [2.24, 2.45) is 0 Å². The van der Waals surface area contributed by atoms with E-state index >= 15 is 0 Å². The van der Waals surface area contributed by atoms with Crippen LogP contribution in [0.2, 0.25) is 0 Å². The van der Waals surface area contributed by atoms with Gasteiger partial charge in [0.1, 0.15) is 5.82 Å². The molecule has 0 saturated carbocycles. The molecule has 0 radical (unpaired) electrons. The molecule has 3 N–H and O–H groups in total. The number of hydrogen-bond donors (Lipinski definition) is 2. The summed E-state index contributed by atoms with van der Waals surface area (Å²) in [7, 11) is 0. The second kappa shape index (κ2) is 3.34. The number of nitrogens with zero attached hydrogens (tertiary/aromatic N) is 2. The van der Waals surface area contributed by atoms with Crippen LogP contribution in [-0.4, -0.2) is 15.0 Å². The first-order chi connectivity index (χ1) is 7.83. The molecule has 0 amide bonds. The van der Waals surface area contributed by atoms with Crippen LogP contribution >= 0.6 is 0 Å². The highest BCUT2D eigenvalue weighted by molar-refractivity contribution is 5.82. The van der Waals surface area contributed by atoms with Crippen molar-refractivity contribution in [1.29, 1.82) is 0 Å². The number of benzene rings is 1. The van der Waals surface area contributed by atoms with Gasteiger partial charge in [-0.2, -0.15) is 0 Å². The van der Waals surface area contributed by atoms with Gasteiger partial charge in [-0.05, 0) is 30.3 Å². The lowest BCUT2D eigenvalue weighted by Crippen LogP contribution is -1.82. The minimum absolute atomic E-state index is 0.734. The highest BCUT2D eigenvalue weighted by Crippen LogP contribution is 2.21. The zero-order valence-corrected chi connectivity index (χ0v) is 8.51. The van der Waals surface area contributed by atoms with Gasteiger partial charge in [0, 0.05) is 23.6 Å². The molecule has 3 rings (SSSR count). The summed E-state index contributed by atoms with van der Waals surface area (Å²) in [6.07, 6.45) is 3.49. The molecule has 2 heterocycles. The highest BCUT2D eigenvalue weighted by atomic mass is 14.9. The van der Waals surface area contributed by atoms with Gasteiger partial charge in [0.05, 0.1) is 11.0 Å². The lowest BCUT2D eigenvalue weighted by molar-refractivity contribution is 1.28. The van der Waals surface area contributed by atoms with Crippen LogP contribution < -0.4 is 5.73 Å². The van der Waals surface area contributed by atoms with E-state index in [1.54, 1.807) is 12.4 Å². The molecule has 4 heteroatoms. The van der Waals surface area contributed by atoms with Crippen molar-refractivity contribution < 1.29 is 0 Å². The topological polar surface area (TPSA) is 67.6 Å². The average Bonchev–Trinajstić information content (AvgIpc) is 2.73. The number of imidazole rings is 1. The lowest BCUT2D eigenvalue weighted by Gasteiger charge is -1.92. The normalized spacial score (nSPS) is 10.8. The molecule has 0 bridgehead atoms. The Labute approximate surface area is 92.2 Å². The average molecular weight is 210 g/mol. The molecule has 0 atom stereocenters. The number of pyridine rings is 1. The third-order valence-corrected chi connectivity index (χ3v) is 2.46. The predicted octanol–water partition coefficient (Wildman–Crippen LogP) is 2.21. The molecule has 2 aromatic heterocycles. The van der Waals surface area contributed by atoms with Crippen molar-refractivity contribution in [3.8, 4) is 11.4 Å². The number of H-pyrrole nitrogens is 1. The molecule has 0 spiro atoms. The molecule has 0 unspecified atom stereocenters. The number of fused-ring (bicyclic) bond motifs is 1. The third-order valence-electron chi connectivity index (χ3n) is 2.46. The van der Waals surface area contributed by atoms with Crippen LogP contribution in [0.3, 0.4) is 0 Å². The van der Waals surface area contributed by atoms with Crippen LogP contribution in [0.25, 0.3) is 22.4 Å². The number of rotatable bonds is 1. The Balaban J connectivity index is 2.19. The highest BCUT2D eigenvalue weighted by Gasteiger charge is 2.04. The van der Waals surface area contributed by atoms with Crippen molar-refractivity contribution in [2.45, 2.75) is 0 Å². The minimum atomic E-state index is 0.734. The van der Waals surface area contributed by atoms with Crippen LogP contribution in [0.1, 0.15) is 0 Å². The van der Waals surface area contributed by atoms with E-state index in [-0.39, 0.29) is 0 Å². The summed E-state index contributed by atoms with van der Waals surface area (Å²) >= 11 is 0. The first-order valence-electron chi connectivity index (χ1n) is 4.98. The van der Waals surface area contributed by atoms with Gasteiger partial charge in [-0.1, -0.05) is 0 Å². The van der Waals surface area contributed by atoms with Crippen LogP contribution in [0.4, 0.5) is 5.69 Å². The summed E-state index contributed by atoms with van der Waals surface area (Å²) in [6.45, 7) is 0. The molecule has 0 fully saturated rings. The number of nitrogen functional groups attached to an aromatic ring is 1. The quantitative estimate of drug-likeness (QED) is 0.605. The summed E-state index contributed by atoms with van der Waals surface area (Å²) in [6, 6.07) is 9.47. The fourth-order valence-corrected chi connectivity index (χ4v) is 1.67. The molecular formula is C12H10N4. The lowest BCUT2D eigenvalue weighted by atomic mass is 10.2. The van der Waals surface area contributed by atoms with Crippen molar-refractivity contribution in [1.82, 2.24) is 15.0 Å². The van der Waals surface area contributed by atoms with Crippen LogP contribution in [0.15, 0.2) is 42.7 Å². The number of nitrogens with one attached hydrogen (secondary N) is 1. The molecule has 0 aliphatic carbocycles. The van der Waals surface area contributed by atoms with E-state index in [1.807, 2.05) is 30.3 Å². The second-order valence-corrected chi connectivity index (χ2v) is 3.60. The molecule has 78 valence electrons. The second-order valence-electron chi connectivity index (χ2n) is 3.60. The standard InChI is InChI=1S/C12H10N4/c13-9-1-2-10-11(7-9)16-12(15-10)8-3-5-14-6-4-8/h1-7H,13H2,(H,15,16). The molecule has 0 saturated heterocycles. The number of hydrogen-bond acceptors (Lipinski definition) is 3. The Kier molecular flexibility index (Phi) is 1.86. The van der Waals surface area contributed by atoms with Crippen molar-refractivity contribution >= 4 is 16.7 Å².